The molecule has 0 aliphatic rings. The van der Waals surface area contributed by atoms with E-state index in [4.69, 9.17) is 0 Å². The number of anilines is 1. The van der Waals surface area contributed by atoms with Crippen LogP contribution < -0.4 is 4.90 Å². The number of thioether (sulfide) groups is 1. The van der Waals surface area contributed by atoms with Crippen molar-refractivity contribution in [1.82, 2.24) is 9.97 Å². The van der Waals surface area contributed by atoms with Crippen LogP contribution in [-0.2, 0) is 4.79 Å². The van der Waals surface area contributed by atoms with Crippen LogP contribution in [0.15, 0.2) is 53.7 Å². The van der Waals surface area contributed by atoms with Gasteiger partial charge in [0.05, 0.1) is 16.8 Å². The third kappa shape index (κ3) is 3.40. The Balaban J connectivity index is 1.71. The van der Waals surface area contributed by atoms with Crippen molar-refractivity contribution in [2.24, 2.45) is 0 Å². The fraction of sp³-hybridized carbons (Fsp3) is 0.222. The number of nitrogens with zero attached hydrogens (tertiary/aromatic N) is 2. The lowest BCUT2D eigenvalue weighted by molar-refractivity contribution is -0.116. The van der Waals surface area contributed by atoms with Gasteiger partial charge in [-0.25, -0.2) is 4.98 Å². The number of para-hydroxylation sites is 3. The van der Waals surface area contributed by atoms with E-state index in [0.29, 0.717) is 12.3 Å². The molecule has 3 rings (SSSR count). The smallest absolute Gasteiger partial charge is 0.237 e. The van der Waals surface area contributed by atoms with Crippen molar-refractivity contribution in [2.45, 2.75) is 19.0 Å². The van der Waals surface area contributed by atoms with Gasteiger partial charge in [-0.3, -0.25) is 4.79 Å². The maximum absolute atomic E-state index is 12.6. The lowest BCUT2D eigenvalue weighted by Crippen LogP contribution is -2.32. The van der Waals surface area contributed by atoms with Gasteiger partial charge in [0.2, 0.25) is 5.91 Å². The van der Waals surface area contributed by atoms with Crippen LogP contribution in [0.4, 0.5) is 5.69 Å². The molecular weight excluding hydrogens is 306 g/mol. The second kappa shape index (κ2) is 6.87. The Kier molecular flexibility index (Phi) is 4.67. The highest BCUT2D eigenvalue weighted by molar-refractivity contribution is 7.99. The summed E-state index contributed by atoms with van der Waals surface area (Å²) < 4.78 is 0. The summed E-state index contributed by atoms with van der Waals surface area (Å²) in [4.78, 5) is 22.1. The van der Waals surface area contributed by atoms with Crippen molar-refractivity contribution in [3.63, 3.8) is 0 Å². The van der Waals surface area contributed by atoms with E-state index in [1.165, 1.54) is 11.8 Å². The van der Waals surface area contributed by atoms with E-state index in [9.17, 15) is 4.79 Å². The van der Waals surface area contributed by atoms with E-state index < -0.39 is 0 Å². The molecule has 0 unspecified atom stereocenters. The van der Waals surface area contributed by atoms with Crippen LogP contribution in [0.3, 0.4) is 0 Å². The number of hydrogen-bond acceptors (Lipinski definition) is 3. The molecule has 0 radical (unpaired) electrons. The first-order chi connectivity index (χ1) is 11.2. The van der Waals surface area contributed by atoms with Crippen molar-refractivity contribution in [3.8, 4) is 0 Å². The average molecular weight is 325 g/mol. The lowest BCUT2D eigenvalue weighted by atomic mass is 10.2. The molecule has 0 atom stereocenters. The average Bonchev–Trinajstić information content (AvgIpc) is 2.98. The second-order valence-corrected chi connectivity index (χ2v) is 6.24. The van der Waals surface area contributed by atoms with Gasteiger partial charge in [-0.15, -0.1) is 0 Å². The van der Waals surface area contributed by atoms with Crippen molar-refractivity contribution in [1.29, 1.82) is 0 Å². The number of imidazole rings is 1. The zero-order chi connectivity index (χ0) is 16.2. The standard InChI is InChI=1S/C18H19N3OS/c1-3-21(16-11-7-4-8-13(16)2)17(22)12-23-18-19-14-9-5-6-10-15(14)20-18/h4-11H,3,12H2,1-2H3,(H,19,20). The summed E-state index contributed by atoms with van der Waals surface area (Å²) in [5, 5.41) is 0.778. The number of fused-ring (bicyclic) bond motifs is 1. The highest BCUT2D eigenvalue weighted by Gasteiger charge is 2.16. The molecule has 0 saturated carbocycles. The van der Waals surface area contributed by atoms with Gasteiger partial charge in [-0.05, 0) is 37.6 Å². The molecule has 118 valence electrons. The number of nitrogens with one attached hydrogen (secondary N) is 1. The van der Waals surface area contributed by atoms with Gasteiger partial charge in [0.1, 0.15) is 0 Å². The van der Waals surface area contributed by atoms with Gasteiger partial charge in [-0.2, -0.15) is 0 Å². The molecule has 0 aliphatic carbocycles. The SMILES string of the molecule is CCN(C(=O)CSc1nc2ccccc2[nH]1)c1ccccc1C. The number of aromatic nitrogens is 2. The molecule has 1 heterocycles. The second-order valence-electron chi connectivity index (χ2n) is 5.27. The summed E-state index contributed by atoms with van der Waals surface area (Å²) in [5.74, 6) is 0.453. The molecule has 0 bridgehead atoms. The minimum Gasteiger partial charge on any atom is -0.333 e. The first-order valence-electron chi connectivity index (χ1n) is 7.62. The monoisotopic (exact) mass is 325 g/mol. The fourth-order valence-electron chi connectivity index (χ4n) is 2.55. The molecule has 0 saturated heterocycles. The summed E-state index contributed by atoms with van der Waals surface area (Å²) in [6.45, 7) is 4.68. The Labute approximate surface area is 139 Å². The first-order valence-corrected chi connectivity index (χ1v) is 8.61. The van der Waals surface area contributed by atoms with E-state index in [1.807, 2.05) is 67.3 Å². The van der Waals surface area contributed by atoms with Gasteiger partial charge in [0.15, 0.2) is 5.16 Å². The molecule has 2 aromatic carbocycles. The van der Waals surface area contributed by atoms with E-state index in [-0.39, 0.29) is 5.91 Å². The quantitative estimate of drug-likeness (QED) is 0.721. The van der Waals surface area contributed by atoms with Gasteiger partial charge in [0, 0.05) is 12.2 Å². The number of aromatic amines is 1. The maximum Gasteiger partial charge on any atom is 0.237 e. The van der Waals surface area contributed by atoms with Crippen LogP contribution in [-0.4, -0.2) is 28.2 Å². The Morgan fingerprint density at radius 3 is 2.65 bits per heavy atom. The highest BCUT2D eigenvalue weighted by Crippen LogP contribution is 2.23. The molecule has 5 heteroatoms. The summed E-state index contributed by atoms with van der Waals surface area (Å²) in [6.07, 6.45) is 0. The molecule has 1 N–H and O–H groups in total. The molecular formula is C18H19N3OS. The van der Waals surface area contributed by atoms with Gasteiger partial charge >= 0.3 is 0 Å². The molecule has 0 aliphatic heterocycles. The van der Waals surface area contributed by atoms with Crippen LogP contribution in [0.25, 0.3) is 11.0 Å². The van der Waals surface area contributed by atoms with Crippen LogP contribution >= 0.6 is 11.8 Å². The number of H-pyrrole nitrogens is 1. The normalized spacial score (nSPS) is 10.9. The van der Waals surface area contributed by atoms with E-state index in [1.54, 1.807) is 0 Å². The Hall–Kier alpha value is -2.27. The van der Waals surface area contributed by atoms with Crippen LogP contribution in [0.2, 0.25) is 0 Å². The zero-order valence-corrected chi connectivity index (χ0v) is 14.1. The molecule has 1 amide bonds. The van der Waals surface area contributed by atoms with Crippen LogP contribution in [0.1, 0.15) is 12.5 Å². The number of aryl methyl sites for hydroxylation is 1. The van der Waals surface area contributed by atoms with E-state index in [0.717, 1.165) is 27.4 Å². The van der Waals surface area contributed by atoms with Gasteiger partial charge < -0.3 is 9.88 Å². The fourth-order valence-corrected chi connectivity index (χ4v) is 3.31. The minimum absolute atomic E-state index is 0.0901. The Morgan fingerprint density at radius 1 is 1.17 bits per heavy atom. The number of rotatable bonds is 5. The topological polar surface area (TPSA) is 49.0 Å². The van der Waals surface area contributed by atoms with E-state index in [2.05, 4.69) is 9.97 Å². The molecule has 4 nitrogen and oxygen atoms in total. The van der Waals surface area contributed by atoms with E-state index >= 15 is 0 Å². The summed E-state index contributed by atoms with van der Waals surface area (Å²) >= 11 is 1.44. The Morgan fingerprint density at radius 2 is 1.91 bits per heavy atom. The molecule has 23 heavy (non-hydrogen) atoms. The number of carbonyl (C=O) groups excluding carboxylic acids is 1. The lowest BCUT2D eigenvalue weighted by Gasteiger charge is -2.22. The highest BCUT2D eigenvalue weighted by atomic mass is 32.2. The third-order valence-electron chi connectivity index (χ3n) is 3.72. The largest absolute Gasteiger partial charge is 0.333 e. The van der Waals surface area contributed by atoms with Gasteiger partial charge in [-0.1, -0.05) is 42.1 Å². The summed E-state index contributed by atoms with van der Waals surface area (Å²) in [7, 11) is 0. The number of carbonyl (C=O) groups is 1. The van der Waals surface area contributed by atoms with Crippen LogP contribution in [0, 0.1) is 6.92 Å². The Bertz CT molecular complexity index is 795. The van der Waals surface area contributed by atoms with Crippen molar-refractivity contribution >= 4 is 34.4 Å². The van der Waals surface area contributed by atoms with Crippen molar-refractivity contribution in [3.05, 3.63) is 54.1 Å². The molecule has 0 spiro atoms. The summed E-state index contributed by atoms with van der Waals surface area (Å²) in [6, 6.07) is 15.8. The molecule has 3 aromatic rings. The van der Waals surface area contributed by atoms with Gasteiger partial charge in [0.25, 0.3) is 0 Å². The number of hydrogen-bond donors (Lipinski definition) is 1. The maximum atomic E-state index is 12.6. The summed E-state index contributed by atoms with van der Waals surface area (Å²) in [5.41, 5.74) is 4.00. The molecule has 1 aromatic heterocycles. The number of amides is 1. The minimum atomic E-state index is 0.0901. The third-order valence-corrected chi connectivity index (χ3v) is 4.58. The first kappa shape index (κ1) is 15.6. The zero-order valence-electron chi connectivity index (χ0n) is 13.2. The van der Waals surface area contributed by atoms with Crippen LogP contribution in [0.5, 0.6) is 0 Å². The predicted molar refractivity (Wildman–Crippen MR) is 96.0 cm³/mol. The predicted octanol–water partition coefficient (Wildman–Crippen LogP) is 4.02. The number of benzene rings is 2. The van der Waals surface area contributed by atoms with Crippen molar-refractivity contribution < 1.29 is 4.79 Å². The van der Waals surface area contributed by atoms with Crippen molar-refractivity contribution in [2.75, 3.05) is 17.2 Å². The molecule has 0 fully saturated rings.